The molecule has 1 N–H and O–H groups in total. The number of benzene rings is 1. The quantitative estimate of drug-likeness (QED) is 0.648. The molecule has 0 bridgehead atoms. The Balaban J connectivity index is 0.000000463. The number of para-hydroxylation sites is 1. The van der Waals surface area contributed by atoms with Crippen LogP contribution in [0.4, 0.5) is 36.4 Å². The van der Waals surface area contributed by atoms with Gasteiger partial charge in [-0.3, -0.25) is 14.4 Å². The summed E-state index contributed by atoms with van der Waals surface area (Å²) in [5.74, 6) is -7.54. The van der Waals surface area contributed by atoms with E-state index in [0.29, 0.717) is 0 Å². The number of hydrogen-bond acceptors (Lipinski definition) is 3. The van der Waals surface area contributed by atoms with Gasteiger partial charge in [0.2, 0.25) is 5.91 Å². The zero-order valence-electron chi connectivity index (χ0n) is 12.8. The van der Waals surface area contributed by atoms with Crippen molar-refractivity contribution in [3.8, 4) is 0 Å². The van der Waals surface area contributed by atoms with Crippen molar-refractivity contribution >= 4 is 23.2 Å². The summed E-state index contributed by atoms with van der Waals surface area (Å²) < 4.78 is 80.0. The largest absolute Gasteiger partial charge is 0.458 e. The number of halogens is 7. The molecule has 0 spiro atoms. The van der Waals surface area contributed by atoms with Gasteiger partial charge >= 0.3 is 23.9 Å². The smallest absolute Gasteiger partial charge is 0.323 e. The van der Waals surface area contributed by atoms with Gasteiger partial charge in [0.05, 0.1) is 5.69 Å². The van der Waals surface area contributed by atoms with Gasteiger partial charge in [-0.25, -0.2) is 4.39 Å². The van der Waals surface area contributed by atoms with Gasteiger partial charge in [-0.1, -0.05) is 26.0 Å². The second-order valence-electron chi connectivity index (χ2n) is 4.78. The lowest BCUT2D eigenvalue weighted by Gasteiger charge is -2.07. The van der Waals surface area contributed by atoms with E-state index in [-0.39, 0.29) is 17.5 Å². The minimum Gasteiger partial charge on any atom is -0.323 e. The molecule has 0 aromatic heterocycles. The molecule has 1 amide bonds. The van der Waals surface area contributed by atoms with Crippen molar-refractivity contribution in [1.29, 1.82) is 0 Å². The average molecular weight is 375 g/mol. The summed E-state index contributed by atoms with van der Waals surface area (Å²) in [5.41, 5.74) is 0.237. The number of amides is 1. The average Bonchev–Trinajstić information content (AvgIpc) is 2.46. The second kappa shape index (κ2) is 8.58. The van der Waals surface area contributed by atoms with Gasteiger partial charge in [0.1, 0.15) is 5.82 Å². The molecule has 4 nitrogen and oxygen atoms in total. The van der Waals surface area contributed by atoms with Gasteiger partial charge in [-0.15, -0.1) is 0 Å². The standard InChI is InChI=1S/C10H12FNO.C4F6O2/c1-7(2)10(13)12-9-6-4-3-5-8(9)11;5-3(6,7)1(11)2(12)4(8,9)10/h3-7H,1-2H3,(H,12,13);. The van der Waals surface area contributed by atoms with E-state index in [1.54, 1.807) is 26.0 Å². The van der Waals surface area contributed by atoms with Crippen LogP contribution in [0.15, 0.2) is 24.3 Å². The van der Waals surface area contributed by atoms with E-state index < -0.39 is 29.7 Å². The number of ketones is 2. The van der Waals surface area contributed by atoms with Crippen LogP contribution in [0.2, 0.25) is 0 Å². The number of hydrogen-bond donors (Lipinski definition) is 1. The molecule has 11 heteroatoms. The number of anilines is 1. The first-order chi connectivity index (χ1) is 11.2. The van der Waals surface area contributed by atoms with Crippen LogP contribution in [0.25, 0.3) is 0 Å². The highest BCUT2D eigenvalue weighted by Crippen LogP contribution is 2.24. The van der Waals surface area contributed by atoms with Gasteiger partial charge < -0.3 is 5.32 Å². The summed E-state index contributed by atoms with van der Waals surface area (Å²) in [6.45, 7) is 3.52. The van der Waals surface area contributed by atoms with Gasteiger partial charge in [0.25, 0.3) is 0 Å². The molecule has 0 saturated heterocycles. The second-order valence-corrected chi connectivity index (χ2v) is 4.78. The third-order valence-electron chi connectivity index (χ3n) is 2.38. The Morgan fingerprint density at radius 3 is 1.60 bits per heavy atom. The van der Waals surface area contributed by atoms with Gasteiger partial charge in [0, 0.05) is 5.92 Å². The molecule has 0 aliphatic heterocycles. The van der Waals surface area contributed by atoms with Crippen molar-refractivity contribution in [2.45, 2.75) is 26.2 Å². The highest BCUT2D eigenvalue weighted by Gasteiger charge is 2.54. The highest BCUT2D eigenvalue weighted by molar-refractivity contribution is 6.41. The first kappa shape index (κ1) is 22.5. The molecule has 25 heavy (non-hydrogen) atoms. The first-order valence-electron chi connectivity index (χ1n) is 6.46. The van der Waals surface area contributed by atoms with Crippen LogP contribution in [-0.2, 0) is 14.4 Å². The molecule has 140 valence electrons. The van der Waals surface area contributed by atoms with Crippen LogP contribution in [0.1, 0.15) is 13.8 Å². The molecular formula is C14H12F7NO3. The minimum absolute atomic E-state index is 0.139. The number of rotatable bonds is 3. The lowest BCUT2D eigenvalue weighted by atomic mass is 10.2. The monoisotopic (exact) mass is 375 g/mol. The third kappa shape index (κ3) is 7.77. The van der Waals surface area contributed by atoms with E-state index in [2.05, 4.69) is 5.32 Å². The molecule has 1 aromatic rings. The van der Waals surface area contributed by atoms with Crippen molar-refractivity contribution in [1.82, 2.24) is 0 Å². The predicted octanol–water partition coefficient (Wildman–Crippen LogP) is 3.67. The molecule has 1 rings (SSSR count). The fourth-order valence-electron chi connectivity index (χ4n) is 1.10. The molecule has 0 aliphatic rings. The van der Waals surface area contributed by atoms with E-state index in [9.17, 15) is 45.1 Å². The van der Waals surface area contributed by atoms with Crippen molar-refractivity contribution in [2.24, 2.45) is 5.92 Å². The summed E-state index contributed by atoms with van der Waals surface area (Å²) in [4.78, 5) is 30.4. The van der Waals surface area contributed by atoms with E-state index in [4.69, 9.17) is 0 Å². The fourth-order valence-corrected chi connectivity index (χ4v) is 1.10. The number of Topliss-reactive ketones (excluding diaryl/α,β-unsaturated/α-hetero) is 2. The SMILES string of the molecule is CC(C)C(=O)Nc1ccccc1F.O=C(C(=O)C(F)(F)F)C(F)(F)F. The van der Waals surface area contributed by atoms with Crippen LogP contribution in [0.5, 0.6) is 0 Å². The number of alkyl halides is 6. The third-order valence-corrected chi connectivity index (χ3v) is 2.38. The minimum atomic E-state index is -5.77. The molecule has 0 radical (unpaired) electrons. The number of nitrogens with one attached hydrogen (secondary N) is 1. The van der Waals surface area contributed by atoms with E-state index in [1.807, 2.05) is 0 Å². The maximum Gasteiger partial charge on any atom is 0.458 e. The molecule has 1 aromatic carbocycles. The number of carbonyl (C=O) groups is 3. The Kier molecular flexibility index (Phi) is 7.74. The lowest BCUT2D eigenvalue weighted by molar-refractivity contribution is -0.193. The lowest BCUT2D eigenvalue weighted by Crippen LogP contribution is -2.39. The summed E-state index contributed by atoms with van der Waals surface area (Å²) in [6.07, 6.45) is -11.5. The maximum absolute atomic E-state index is 13.0. The summed E-state index contributed by atoms with van der Waals surface area (Å²) in [5, 5.41) is 2.50. The van der Waals surface area contributed by atoms with Gasteiger partial charge in [-0.2, -0.15) is 26.3 Å². The van der Waals surface area contributed by atoms with Crippen molar-refractivity contribution in [3.05, 3.63) is 30.1 Å². The van der Waals surface area contributed by atoms with E-state index >= 15 is 0 Å². The van der Waals surface area contributed by atoms with Crippen molar-refractivity contribution in [3.63, 3.8) is 0 Å². The van der Waals surface area contributed by atoms with Crippen LogP contribution < -0.4 is 5.32 Å². The highest BCUT2D eigenvalue weighted by atomic mass is 19.4. The van der Waals surface area contributed by atoms with Crippen LogP contribution in [0, 0.1) is 11.7 Å². The molecule has 0 heterocycles. The number of carbonyl (C=O) groups excluding carboxylic acids is 3. The Morgan fingerprint density at radius 1 is 0.880 bits per heavy atom. The van der Waals surface area contributed by atoms with Gasteiger partial charge in [-0.05, 0) is 12.1 Å². The van der Waals surface area contributed by atoms with Crippen molar-refractivity contribution < 1.29 is 45.1 Å². The van der Waals surface area contributed by atoms with E-state index in [1.165, 1.54) is 12.1 Å². The molecule has 0 saturated carbocycles. The zero-order valence-corrected chi connectivity index (χ0v) is 12.8. The Bertz CT molecular complexity index is 612. The Labute approximate surface area is 137 Å². The van der Waals surface area contributed by atoms with Gasteiger partial charge in [0.15, 0.2) is 0 Å². The van der Waals surface area contributed by atoms with Crippen LogP contribution in [0.3, 0.4) is 0 Å². The topological polar surface area (TPSA) is 63.2 Å². The molecule has 0 atom stereocenters. The molecule has 0 unspecified atom stereocenters. The molecule has 0 fully saturated rings. The summed E-state index contributed by atoms with van der Waals surface area (Å²) >= 11 is 0. The summed E-state index contributed by atoms with van der Waals surface area (Å²) in [7, 11) is 0. The van der Waals surface area contributed by atoms with Crippen molar-refractivity contribution in [2.75, 3.05) is 5.32 Å². The van der Waals surface area contributed by atoms with E-state index in [0.717, 1.165) is 0 Å². The predicted molar refractivity (Wildman–Crippen MR) is 72.0 cm³/mol. The Morgan fingerprint density at radius 2 is 1.28 bits per heavy atom. The van der Waals surface area contributed by atoms with Crippen LogP contribution in [-0.4, -0.2) is 29.8 Å². The van der Waals surface area contributed by atoms with Crippen LogP contribution >= 0.6 is 0 Å². The normalized spacial score (nSPS) is 11.4. The molecule has 0 aliphatic carbocycles. The first-order valence-corrected chi connectivity index (χ1v) is 6.46. The fraction of sp³-hybridized carbons (Fsp3) is 0.357. The maximum atomic E-state index is 13.0. The molecular weight excluding hydrogens is 363 g/mol. The summed E-state index contributed by atoms with van der Waals surface area (Å²) in [6, 6.07) is 6.12. The zero-order chi connectivity index (χ0) is 20.0. The Hall–Kier alpha value is -2.46.